The van der Waals surface area contributed by atoms with Gasteiger partial charge in [0.1, 0.15) is 53.2 Å². The van der Waals surface area contributed by atoms with Gasteiger partial charge in [-0.1, -0.05) is 53.6 Å². The van der Waals surface area contributed by atoms with Gasteiger partial charge in [-0.05, 0) is 96.0 Å². The molecule has 5 heterocycles. The normalized spacial score (nSPS) is 18.3. The van der Waals surface area contributed by atoms with E-state index < -0.39 is 18.0 Å². The van der Waals surface area contributed by atoms with Crippen molar-refractivity contribution in [2.75, 3.05) is 30.7 Å². The number of amides is 6. The lowest BCUT2D eigenvalue weighted by atomic mass is 9.98. The summed E-state index contributed by atoms with van der Waals surface area (Å²) < 4.78 is 13.7. The molecule has 6 amide bonds. The molecular weight excluding hydrogens is 864 g/mol. The molecule has 2 fully saturated rings. The Morgan fingerprint density at radius 2 is 1.79 bits per heavy atom. The minimum absolute atomic E-state index is 0.0670. The van der Waals surface area contributed by atoms with Gasteiger partial charge in [-0.3, -0.25) is 24.5 Å². The van der Waals surface area contributed by atoms with Crippen LogP contribution >= 0.6 is 11.6 Å². The quantitative estimate of drug-likeness (QED) is 0.0657. The number of para-hydroxylation sites is 1. The van der Waals surface area contributed by atoms with Crippen molar-refractivity contribution in [2.24, 2.45) is 11.0 Å². The zero-order valence-electron chi connectivity index (χ0n) is 35.5. The van der Waals surface area contributed by atoms with Crippen LogP contribution in [0.15, 0.2) is 115 Å². The van der Waals surface area contributed by atoms with Gasteiger partial charge in [0.25, 0.3) is 11.8 Å². The Balaban J connectivity index is 0.800. The summed E-state index contributed by atoms with van der Waals surface area (Å²) in [5.74, 6) is 1.08. The van der Waals surface area contributed by atoms with E-state index in [0.717, 1.165) is 35.3 Å². The molecule has 4 aromatic carbocycles. The molecular formula is C48H44ClN10O7+. The molecule has 0 spiro atoms. The van der Waals surface area contributed by atoms with Crippen molar-refractivity contribution in [3.8, 4) is 17.2 Å². The largest absolute Gasteiger partial charge is 0.487 e. The van der Waals surface area contributed by atoms with Crippen LogP contribution < -0.4 is 31.2 Å². The van der Waals surface area contributed by atoms with Crippen LogP contribution in [0.3, 0.4) is 0 Å². The highest BCUT2D eigenvalue weighted by Crippen LogP contribution is 2.33. The number of rotatable bonds is 12. The summed E-state index contributed by atoms with van der Waals surface area (Å²) in [6, 6.07) is 25.8. The van der Waals surface area contributed by atoms with Crippen LogP contribution in [0, 0.1) is 5.92 Å². The molecule has 1 aromatic heterocycles. The number of nitrogens with zero attached hydrogens (tertiary/aromatic N) is 6. The van der Waals surface area contributed by atoms with Crippen molar-refractivity contribution in [1.29, 1.82) is 0 Å². The molecule has 2 atom stereocenters. The van der Waals surface area contributed by atoms with Crippen LogP contribution in [0.5, 0.6) is 17.2 Å². The maximum Gasteiger partial charge on any atom is 0.363 e. The lowest BCUT2D eigenvalue weighted by molar-refractivity contribution is -0.442. The minimum atomic E-state index is -0.722. The van der Waals surface area contributed by atoms with Crippen LogP contribution in [-0.2, 0) is 27.5 Å². The molecule has 66 heavy (non-hydrogen) atoms. The van der Waals surface area contributed by atoms with Gasteiger partial charge in [-0.25, -0.2) is 4.79 Å². The number of anilines is 2. The minimum Gasteiger partial charge on any atom is -0.487 e. The van der Waals surface area contributed by atoms with Crippen molar-refractivity contribution in [3.63, 3.8) is 0 Å². The van der Waals surface area contributed by atoms with Crippen molar-refractivity contribution >= 4 is 70.5 Å². The number of imide groups is 1. The Bertz CT molecular complexity index is 2850. The Morgan fingerprint density at radius 3 is 2.59 bits per heavy atom. The van der Waals surface area contributed by atoms with Crippen LogP contribution in [0.2, 0.25) is 5.02 Å². The Kier molecular flexibility index (Phi) is 12.3. The third-order valence-corrected chi connectivity index (χ3v) is 11.9. The monoisotopic (exact) mass is 907 g/mol. The van der Waals surface area contributed by atoms with Crippen LogP contribution in [0.25, 0.3) is 0 Å². The van der Waals surface area contributed by atoms with Crippen LogP contribution in [0.1, 0.15) is 58.3 Å². The van der Waals surface area contributed by atoms with E-state index in [1.165, 1.54) is 17.3 Å². The van der Waals surface area contributed by atoms with E-state index in [1.807, 2.05) is 66.9 Å². The number of nitrogen functional groups attached to an aromatic ring is 1. The topological polar surface area (TPSA) is 214 Å². The molecule has 4 aliphatic rings. The Labute approximate surface area is 384 Å². The Morgan fingerprint density at radius 1 is 0.985 bits per heavy atom. The van der Waals surface area contributed by atoms with E-state index in [2.05, 4.69) is 32.5 Å². The molecule has 5 N–H and O–H groups in total. The molecule has 4 aliphatic heterocycles. The molecule has 5 aromatic rings. The zero-order chi connectivity index (χ0) is 45.9. The number of carbonyl (C=O) groups excluding carboxylic acids is 5. The summed E-state index contributed by atoms with van der Waals surface area (Å²) in [7, 11) is 0. The summed E-state index contributed by atoms with van der Waals surface area (Å²) >= 11 is 6.31. The smallest absolute Gasteiger partial charge is 0.363 e. The number of fused-ring (bicyclic) bond motifs is 2. The molecule has 0 radical (unpaired) electrons. The van der Waals surface area contributed by atoms with E-state index in [1.54, 1.807) is 33.8 Å². The predicted octanol–water partition coefficient (Wildman–Crippen LogP) is 5.94. The first-order valence-corrected chi connectivity index (χ1v) is 21.7. The van der Waals surface area contributed by atoms with E-state index >= 15 is 0 Å². The summed E-state index contributed by atoms with van der Waals surface area (Å²) in [4.78, 5) is 76.0. The maximum absolute atomic E-state index is 13.8. The number of hydrogen-bond donors (Lipinski definition) is 4. The van der Waals surface area contributed by atoms with Crippen LogP contribution in [0.4, 0.5) is 22.1 Å². The number of hydrogen-bond acceptors (Lipinski definition) is 11. The number of hydrazone groups is 1. The number of piperidine rings is 2. The third kappa shape index (κ3) is 9.32. The van der Waals surface area contributed by atoms with Gasteiger partial charge in [0.05, 0.1) is 5.69 Å². The second kappa shape index (κ2) is 18.7. The van der Waals surface area contributed by atoms with Gasteiger partial charge in [0.2, 0.25) is 18.1 Å². The average Bonchev–Trinajstić information content (AvgIpc) is 3.85. The number of ether oxygens (including phenoxy) is 2. The lowest BCUT2D eigenvalue weighted by Crippen LogP contribution is -2.52. The first kappa shape index (κ1) is 43.3. The molecule has 17 nitrogen and oxygen atoms in total. The average molecular weight is 908 g/mol. The second-order valence-electron chi connectivity index (χ2n) is 16.2. The number of nitrogens with one attached hydrogen (secondary N) is 3. The van der Waals surface area contributed by atoms with Crippen molar-refractivity contribution in [2.45, 2.75) is 44.8 Å². The summed E-state index contributed by atoms with van der Waals surface area (Å²) in [5.41, 5.74) is 10.9. The van der Waals surface area contributed by atoms with Gasteiger partial charge in [0.15, 0.2) is 0 Å². The molecule has 9 rings (SSSR count). The molecule has 2 unspecified atom stereocenters. The molecule has 2 saturated heterocycles. The summed E-state index contributed by atoms with van der Waals surface area (Å²) in [5, 5.41) is 13.1. The standard InChI is InChI=1S/C48H43ClN10O7/c1-28(26-65-39-17-12-33(49)21-37(39)54-48(64)51-22-29-9-15-36-32(20-29)25-58(47(36)63)38-16-18-40(60)55-45(38)61)46(62)57-19-5-6-30(23-57)24-59-44-41(43(50)52-27-53-44)42(56-59)31-10-13-35(14-11-31)66-34-7-3-2-4-8-34/h2-4,7-15,17,20-21,24,27,30,38H,1,5-6,16,18-19,22-23,25-26H2,(H4-,50,51,52,53,54,55,56,60,61,64)/p+1/b59-24-. The highest BCUT2D eigenvalue weighted by atomic mass is 35.5. The third-order valence-electron chi connectivity index (χ3n) is 11.7. The van der Waals surface area contributed by atoms with Crippen molar-refractivity contribution < 1.29 is 38.1 Å². The second-order valence-corrected chi connectivity index (χ2v) is 16.7. The fraction of sp³-hybridized carbons (Fsp3) is 0.229. The molecule has 334 valence electrons. The highest BCUT2D eigenvalue weighted by Gasteiger charge is 2.39. The molecule has 0 bridgehead atoms. The van der Waals surface area contributed by atoms with E-state index in [9.17, 15) is 24.0 Å². The molecule has 0 aliphatic carbocycles. The number of likely N-dealkylation sites (tertiary alicyclic amines) is 1. The fourth-order valence-corrected chi connectivity index (χ4v) is 8.56. The van der Waals surface area contributed by atoms with Gasteiger partial charge in [0, 0.05) is 60.2 Å². The molecule has 0 saturated carbocycles. The lowest BCUT2D eigenvalue weighted by Gasteiger charge is -2.31. The van der Waals surface area contributed by atoms with Crippen LogP contribution in [-0.4, -0.2) is 91.8 Å². The Hall–Kier alpha value is -7.92. The summed E-state index contributed by atoms with van der Waals surface area (Å²) in [6.45, 7) is 5.18. The highest BCUT2D eigenvalue weighted by molar-refractivity contribution is 6.31. The SMILES string of the molecule is C=C(COc1ccc(Cl)cc1NC(=O)NCc1ccc2c(c1)CN(C1CCC(=O)NC1=O)C2=O)C(=O)N1CCCC(/C=[N+]2\N=C(c3ccc(Oc4ccccc4)cc3)c3c(N)ncnc32)C1. The number of aromatic nitrogens is 2. The van der Waals surface area contributed by atoms with Gasteiger partial charge in [-0.15, -0.1) is 4.68 Å². The van der Waals surface area contributed by atoms with Gasteiger partial charge < -0.3 is 35.6 Å². The fourth-order valence-electron chi connectivity index (χ4n) is 8.39. The number of nitrogens with two attached hydrogens (primary N) is 1. The first-order chi connectivity index (χ1) is 32.0. The van der Waals surface area contributed by atoms with Gasteiger partial charge in [-0.2, -0.15) is 4.98 Å². The van der Waals surface area contributed by atoms with Crippen molar-refractivity contribution in [3.05, 3.63) is 142 Å². The van der Waals surface area contributed by atoms with E-state index in [-0.39, 0.29) is 73.2 Å². The van der Waals surface area contributed by atoms with E-state index in [4.69, 9.17) is 31.9 Å². The first-order valence-electron chi connectivity index (χ1n) is 21.3. The molecule has 18 heteroatoms. The van der Waals surface area contributed by atoms with Gasteiger partial charge >= 0.3 is 11.8 Å². The van der Waals surface area contributed by atoms with Crippen molar-refractivity contribution in [1.82, 2.24) is 30.4 Å². The number of carbonyl (C=O) groups is 5. The summed E-state index contributed by atoms with van der Waals surface area (Å²) in [6.07, 6.45) is 5.36. The van der Waals surface area contributed by atoms with E-state index in [0.29, 0.717) is 52.3 Å². The maximum atomic E-state index is 13.8. The number of halogens is 1. The predicted molar refractivity (Wildman–Crippen MR) is 245 cm³/mol. The number of urea groups is 1. The zero-order valence-corrected chi connectivity index (χ0v) is 36.3. The number of benzene rings is 4.